The molecule has 0 bridgehead atoms. The molecule has 174 valence electrons. The van der Waals surface area contributed by atoms with Gasteiger partial charge in [-0.1, -0.05) is 11.6 Å². The number of ether oxygens (including phenoxy) is 3. The zero-order chi connectivity index (χ0) is 23.2. The summed E-state index contributed by atoms with van der Waals surface area (Å²) in [5.74, 6) is 1.82. The average Bonchev–Trinajstić information content (AvgIpc) is 2.87. The van der Waals surface area contributed by atoms with E-state index in [0.29, 0.717) is 23.3 Å². The van der Waals surface area contributed by atoms with Gasteiger partial charge in [0.2, 0.25) is 5.75 Å². The van der Waals surface area contributed by atoms with E-state index in [1.54, 1.807) is 21.3 Å². The van der Waals surface area contributed by atoms with Crippen LogP contribution in [0.4, 0.5) is 5.69 Å². The first-order valence-electron chi connectivity index (χ1n) is 11.1. The minimum atomic E-state index is 0.456. The summed E-state index contributed by atoms with van der Waals surface area (Å²) in [7, 11) is 4.85. The number of aromatic nitrogens is 1. The molecule has 2 aromatic carbocycles. The van der Waals surface area contributed by atoms with Crippen molar-refractivity contribution in [2.24, 2.45) is 0 Å². The largest absolute Gasteiger partial charge is 0.493 e. The van der Waals surface area contributed by atoms with Crippen LogP contribution in [0.5, 0.6) is 17.2 Å². The third kappa shape index (κ3) is 5.34. The number of hydrogen-bond acceptors (Lipinski definition) is 6. The lowest BCUT2D eigenvalue weighted by molar-refractivity contribution is 0.324. The van der Waals surface area contributed by atoms with Crippen molar-refractivity contribution in [1.82, 2.24) is 10.3 Å². The van der Waals surface area contributed by atoms with Gasteiger partial charge in [-0.05, 0) is 79.5 Å². The Hall–Kier alpha value is -2.96. The molecule has 0 aliphatic carbocycles. The van der Waals surface area contributed by atoms with Crippen LogP contribution >= 0.6 is 11.6 Å². The van der Waals surface area contributed by atoms with Gasteiger partial charge in [0, 0.05) is 41.3 Å². The molecule has 1 N–H and O–H groups in total. The molecule has 1 aliphatic rings. The quantitative estimate of drug-likeness (QED) is 0.492. The van der Waals surface area contributed by atoms with Gasteiger partial charge in [-0.3, -0.25) is 4.98 Å². The van der Waals surface area contributed by atoms with Gasteiger partial charge in [-0.15, -0.1) is 0 Å². The maximum atomic E-state index is 6.15. The molecule has 0 saturated carbocycles. The zero-order valence-electron chi connectivity index (χ0n) is 19.3. The van der Waals surface area contributed by atoms with Crippen molar-refractivity contribution in [1.29, 1.82) is 0 Å². The van der Waals surface area contributed by atoms with Gasteiger partial charge in [0.1, 0.15) is 0 Å². The summed E-state index contributed by atoms with van der Waals surface area (Å²) < 4.78 is 16.5. The summed E-state index contributed by atoms with van der Waals surface area (Å²) in [4.78, 5) is 7.01. The lowest BCUT2D eigenvalue weighted by Crippen LogP contribution is -2.43. The molecule has 3 aromatic rings. The van der Waals surface area contributed by atoms with E-state index in [9.17, 15) is 0 Å². The molecule has 1 saturated heterocycles. The Morgan fingerprint density at radius 2 is 1.58 bits per heavy atom. The summed E-state index contributed by atoms with van der Waals surface area (Å²) in [6, 6.07) is 14.6. The molecule has 0 amide bonds. The lowest BCUT2D eigenvalue weighted by atomic mass is 10.0. The number of nitrogens with one attached hydrogen (secondary N) is 1. The van der Waals surface area contributed by atoms with Crippen molar-refractivity contribution in [3.63, 3.8) is 0 Å². The number of nitrogens with zero attached hydrogens (tertiary/aromatic N) is 2. The smallest absolute Gasteiger partial charge is 0.203 e. The van der Waals surface area contributed by atoms with Crippen LogP contribution in [0.1, 0.15) is 18.4 Å². The number of rotatable bonds is 8. The maximum absolute atomic E-state index is 6.15. The zero-order valence-corrected chi connectivity index (χ0v) is 20.1. The van der Waals surface area contributed by atoms with Crippen LogP contribution in [-0.2, 0) is 6.54 Å². The highest BCUT2D eigenvalue weighted by Crippen LogP contribution is 2.41. The first-order chi connectivity index (χ1) is 16.1. The van der Waals surface area contributed by atoms with Gasteiger partial charge in [0.25, 0.3) is 0 Å². The van der Waals surface area contributed by atoms with E-state index >= 15 is 0 Å². The fourth-order valence-corrected chi connectivity index (χ4v) is 4.48. The first kappa shape index (κ1) is 23.2. The molecule has 6 nitrogen and oxygen atoms in total. The Kier molecular flexibility index (Phi) is 7.57. The van der Waals surface area contributed by atoms with Gasteiger partial charge < -0.3 is 24.4 Å². The van der Waals surface area contributed by atoms with Crippen LogP contribution in [0.3, 0.4) is 0 Å². The minimum absolute atomic E-state index is 0.456. The summed E-state index contributed by atoms with van der Waals surface area (Å²) >= 11 is 6.15. The van der Waals surface area contributed by atoms with Crippen molar-refractivity contribution >= 4 is 17.3 Å². The summed E-state index contributed by atoms with van der Waals surface area (Å²) in [6.45, 7) is 2.81. The highest BCUT2D eigenvalue weighted by Gasteiger charge is 2.22. The Labute approximate surface area is 200 Å². The highest BCUT2D eigenvalue weighted by atomic mass is 35.5. The molecule has 4 rings (SSSR count). The standard InChI is InChI=1S/C26H30ClN3O3/c1-31-24-13-19(14-25(32-2)26(24)33-3)20-12-18(15-29-16-20)17-30(23-8-10-28-11-9-23)22-6-4-21(27)5-7-22/h4-7,12-16,23,28H,8-11,17H2,1-3H3. The van der Waals surface area contributed by atoms with Gasteiger partial charge in [0.15, 0.2) is 11.5 Å². The first-order valence-corrected chi connectivity index (χ1v) is 11.5. The Morgan fingerprint density at radius 1 is 0.909 bits per heavy atom. The molecule has 0 spiro atoms. The molecule has 7 heteroatoms. The van der Waals surface area contributed by atoms with Gasteiger partial charge in [-0.2, -0.15) is 0 Å². The van der Waals surface area contributed by atoms with Crippen molar-refractivity contribution in [3.8, 4) is 28.4 Å². The Balaban J connectivity index is 1.66. The number of piperidine rings is 1. The fourth-order valence-electron chi connectivity index (χ4n) is 4.36. The third-order valence-electron chi connectivity index (χ3n) is 6.05. The van der Waals surface area contributed by atoms with Crippen LogP contribution < -0.4 is 24.4 Å². The van der Waals surface area contributed by atoms with Crippen molar-refractivity contribution in [3.05, 3.63) is 65.4 Å². The molecule has 0 radical (unpaired) electrons. The molecule has 33 heavy (non-hydrogen) atoms. The van der Waals surface area contributed by atoms with E-state index in [0.717, 1.165) is 54.2 Å². The number of pyridine rings is 1. The van der Waals surface area contributed by atoms with Gasteiger partial charge in [-0.25, -0.2) is 0 Å². The van der Waals surface area contributed by atoms with Crippen molar-refractivity contribution < 1.29 is 14.2 Å². The van der Waals surface area contributed by atoms with Gasteiger partial charge in [0.05, 0.1) is 21.3 Å². The molecule has 1 aromatic heterocycles. The second kappa shape index (κ2) is 10.8. The average molecular weight is 468 g/mol. The number of benzene rings is 2. The normalized spacial score (nSPS) is 14.1. The van der Waals surface area contributed by atoms with E-state index < -0.39 is 0 Å². The van der Waals surface area contributed by atoms with Crippen molar-refractivity contribution in [2.75, 3.05) is 39.3 Å². The van der Waals surface area contributed by atoms with E-state index in [4.69, 9.17) is 25.8 Å². The second-order valence-electron chi connectivity index (χ2n) is 8.08. The number of hydrogen-bond donors (Lipinski definition) is 1. The monoisotopic (exact) mass is 467 g/mol. The number of anilines is 1. The molecular weight excluding hydrogens is 438 g/mol. The molecule has 0 unspecified atom stereocenters. The van der Waals surface area contributed by atoms with Crippen molar-refractivity contribution in [2.45, 2.75) is 25.4 Å². The minimum Gasteiger partial charge on any atom is -0.493 e. The SMILES string of the molecule is COc1cc(-c2cncc(CN(c3ccc(Cl)cc3)C3CCNCC3)c2)cc(OC)c1OC. The number of methoxy groups -OCH3 is 3. The molecule has 0 atom stereocenters. The predicted octanol–water partition coefficient (Wildman–Crippen LogP) is 5.19. The van der Waals surface area contributed by atoms with E-state index in [-0.39, 0.29) is 0 Å². The number of halogens is 1. The van der Waals surface area contributed by atoms with Crippen LogP contribution in [0.15, 0.2) is 54.9 Å². The molecule has 1 aliphatic heterocycles. The van der Waals surface area contributed by atoms with E-state index in [1.165, 1.54) is 5.69 Å². The molecular formula is C26H30ClN3O3. The lowest BCUT2D eigenvalue weighted by Gasteiger charge is -2.36. The second-order valence-corrected chi connectivity index (χ2v) is 8.52. The Bertz CT molecular complexity index is 1040. The third-order valence-corrected chi connectivity index (χ3v) is 6.31. The van der Waals surface area contributed by atoms with Crippen LogP contribution in [0, 0.1) is 0 Å². The van der Waals surface area contributed by atoms with Crippen LogP contribution in [0.25, 0.3) is 11.1 Å². The van der Waals surface area contributed by atoms with E-state index in [2.05, 4.69) is 33.4 Å². The Morgan fingerprint density at radius 3 is 2.18 bits per heavy atom. The molecule has 1 fully saturated rings. The van der Waals surface area contributed by atoms with Crippen LogP contribution in [0.2, 0.25) is 5.02 Å². The summed E-state index contributed by atoms with van der Waals surface area (Å²) in [5.41, 5.74) is 4.26. The fraction of sp³-hybridized carbons (Fsp3) is 0.346. The van der Waals surface area contributed by atoms with Gasteiger partial charge >= 0.3 is 0 Å². The molecule has 2 heterocycles. The van der Waals surface area contributed by atoms with E-state index in [1.807, 2.05) is 36.7 Å². The topological polar surface area (TPSA) is 55.9 Å². The maximum Gasteiger partial charge on any atom is 0.203 e. The summed E-state index contributed by atoms with van der Waals surface area (Å²) in [5, 5.41) is 4.21. The predicted molar refractivity (Wildman–Crippen MR) is 133 cm³/mol. The summed E-state index contributed by atoms with van der Waals surface area (Å²) in [6.07, 6.45) is 6.00. The highest BCUT2D eigenvalue weighted by molar-refractivity contribution is 6.30. The van der Waals surface area contributed by atoms with Crippen LogP contribution in [-0.4, -0.2) is 45.4 Å².